The van der Waals surface area contributed by atoms with Gasteiger partial charge in [0.2, 0.25) is 0 Å². The summed E-state index contributed by atoms with van der Waals surface area (Å²) in [5, 5.41) is 0. The molecular formula is C13H22N+. The molecule has 0 spiro atoms. The van der Waals surface area contributed by atoms with Crippen molar-refractivity contribution in [3.05, 3.63) is 35.9 Å². The van der Waals surface area contributed by atoms with Gasteiger partial charge in [-0.15, -0.1) is 0 Å². The monoisotopic (exact) mass is 192 g/mol. The van der Waals surface area contributed by atoms with Gasteiger partial charge in [0.15, 0.2) is 0 Å². The molecule has 14 heavy (non-hydrogen) atoms. The molecule has 1 atom stereocenters. The predicted octanol–water partition coefficient (Wildman–Crippen LogP) is 3.06. The topological polar surface area (TPSA) is 0 Å². The highest BCUT2D eigenvalue weighted by Crippen LogP contribution is 2.15. The average molecular weight is 192 g/mol. The first kappa shape index (κ1) is 11.3. The fraction of sp³-hybridized carbons (Fsp3) is 0.538. The molecule has 1 unspecified atom stereocenters. The molecule has 1 nitrogen and oxygen atoms in total. The molecule has 1 aromatic rings. The van der Waals surface area contributed by atoms with E-state index in [1.165, 1.54) is 12.1 Å². The van der Waals surface area contributed by atoms with Gasteiger partial charge >= 0.3 is 0 Å². The molecule has 0 aromatic heterocycles. The first-order valence-corrected chi connectivity index (χ1v) is 5.46. The van der Waals surface area contributed by atoms with Crippen LogP contribution in [-0.2, 0) is 6.54 Å². The summed E-state index contributed by atoms with van der Waals surface area (Å²) >= 11 is 0. The zero-order chi connectivity index (χ0) is 10.6. The van der Waals surface area contributed by atoms with E-state index < -0.39 is 0 Å². The molecule has 0 heterocycles. The maximum Gasteiger partial charge on any atom is 0.104 e. The van der Waals surface area contributed by atoms with Crippen molar-refractivity contribution in [2.24, 2.45) is 0 Å². The summed E-state index contributed by atoms with van der Waals surface area (Å²) in [4.78, 5) is 0. The van der Waals surface area contributed by atoms with Crippen LogP contribution in [0.5, 0.6) is 0 Å². The molecule has 0 radical (unpaired) electrons. The quantitative estimate of drug-likeness (QED) is 0.643. The SMILES string of the molecule is CC[N+](C)(Cc1ccccc1)C(C)C. The van der Waals surface area contributed by atoms with Gasteiger partial charge in [-0.3, -0.25) is 0 Å². The lowest BCUT2D eigenvalue weighted by Crippen LogP contribution is -2.48. The van der Waals surface area contributed by atoms with Crippen LogP contribution in [0.1, 0.15) is 26.3 Å². The van der Waals surface area contributed by atoms with Gasteiger partial charge in [-0.1, -0.05) is 30.3 Å². The van der Waals surface area contributed by atoms with Crippen LogP contribution in [-0.4, -0.2) is 24.1 Å². The van der Waals surface area contributed by atoms with E-state index in [1.807, 2.05) is 0 Å². The molecule has 0 N–H and O–H groups in total. The maximum absolute atomic E-state index is 2.33. The Hall–Kier alpha value is -0.820. The third-order valence-corrected chi connectivity index (χ3v) is 3.36. The Bertz CT molecular complexity index is 266. The van der Waals surface area contributed by atoms with Crippen LogP contribution in [0.2, 0.25) is 0 Å². The second kappa shape index (κ2) is 4.61. The van der Waals surface area contributed by atoms with Gasteiger partial charge in [0, 0.05) is 5.56 Å². The van der Waals surface area contributed by atoms with Gasteiger partial charge in [-0.25, -0.2) is 0 Å². The van der Waals surface area contributed by atoms with Crippen molar-refractivity contribution in [1.82, 2.24) is 0 Å². The first-order valence-electron chi connectivity index (χ1n) is 5.46. The van der Waals surface area contributed by atoms with E-state index in [1.54, 1.807) is 0 Å². The number of quaternary nitrogens is 1. The van der Waals surface area contributed by atoms with E-state index in [4.69, 9.17) is 0 Å². The minimum atomic E-state index is 0.681. The summed E-state index contributed by atoms with van der Waals surface area (Å²) in [7, 11) is 2.33. The lowest BCUT2D eigenvalue weighted by molar-refractivity contribution is -0.940. The lowest BCUT2D eigenvalue weighted by atomic mass is 10.1. The third kappa shape index (κ3) is 2.58. The highest BCUT2D eigenvalue weighted by molar-refractivity contribution is 5.13. The van der Waals surface area contributed by atoms with E-state index >= 15 is 0 Å². The molecule has 1 rings (SSSR count). The molecule has 0 aliphatic heterocycles. The number of nitrogens with zero attached hydrogens (tertiary/aromatic N) is 1. The van der Waals surface area contributed by atoms with Gasteiger partial charge in [-0.2, -0.15) is 0 Å². The molecule has 1 heteroatoms. The Morgan fingerprint density at radius 1 is 1.14 bits per heavy atom. The summed E-state index contributed by atoms with van der Waals surface area (Å²) in [6.45, 7) is 9.18. The van der Waals surface area contributed by atoms with Crippen molar-refractivity contribution in [3.63, 3.8) is 0 Å². The molecule has 0 saturated heterocycles. The number of hydrogen-bond donors (Lipinski definition) is 0. The highest BCUT2D eigenvalue weighted by Gasteiger charge is 2.23. The van der Waals surface area contributed by atoms with E-state index in [-0.39, 0.29) is 0 Å². The Balaban J connectivity index is 2.76. The number of rotatable bonds is 4. The van der Waals surface area contributed by atoms with Gasteiger partial charge in [0.25, 0.3) is 0 Å². The number of hydrogen-bond acceptors (Lipinski definition) is 0. The van der Waals surface area contributed by atoms with Crippen LogP contribution in [0.25, 0.3) is 0 Å². The Kier molecular flexibility index (Phi) is 3.70. The standard InChI is InChI=1S/C13H22N/c1-5-14(4,12(2)3)11-13-9-7-6-8-10-13/h6-10,12H,5,11H2,1-4H3/q+1. The predicted molar refractivity (Wildman–Crippen MR) is 62.0 cm³/mol. The normalized spacial score (nSPS) is 15.5. The third-order valence-electron chi connectivity index (χ3n) is 3.36. The van der Waals surface area contributed by atoms with E-state index in [9.17, 15) is 0 Å². The van der Waals surface area contributed by atoms with Crippen molar-refractivity contribution in [3.8, 4) is 0 Å². The van der Waals surface area contributed by atoms with E-state index in [2.05, 4.69) is 58.2 Å². The zero-order valence-corrected chi connectivity index (χ0v) is 9.83. The smallest absolute Gasteiger partial charge is 0.104 e. The van der Waals surface area contributed by atoms with Gasteiger partial charge in [0.05, 0.1) is 19.6 Å². The van der Waals surface area contributed by atoms with Crippen molar-refractivity contribution < 1.29 is 4.48 Å². The second-order valence-corrected chi connectivity index (χ2v) is 4.53. The average Bonchev–Trinajstić information content (AvgIpc) is 2.19. The van der Waals surface area contributed by atoms with Crippen LogP contribution < -0.4 is 0 Å². The van der Waals surface area contributed by atoms with Crippen molar-refractivity contribution in [1.29, 1.82) is 0 Å². The van der Waals surface area contributed by atoms with Crippen LogP contribution in [0.15, 0.2) is 30.3 Å². The van der Waals surface area contributed by atoms with E-state index in [0.717, 1.165) is 11.0 Å². The molecule has 0 saturated carbocycles. The van der Waals surface area contributed by atoms with Gasteiger partial charge < -0.3 is 4.48 Å². The Labute approximate surface area is 88.0 Å². The largest absolute Gasteiger partial charge is 0.321 e. The molecular weight excluding hydrogens is 170 g/mol. The minimum absolute atomic E-state index is 0.681. The summed E-state index contributed by atoms with van der Waals surface area (Å²) in [5.74, 6) is 0. The van der Waals surface area contributed by atoms with Crippen LogP contribution in [0.4, 0.5) is 0 Å². The fourth-order valence-electron chi connectivity index (χ4n) is 1.66. The van der Waals surface area contributed by atoms with Gasteiger partial charge in [0.1, 0.15) is 6.54 Å². The van der Waals surface area contributed by atoms with Crippen LogP contribution in [0, 0.1) is 0 Å². The molecule has 0 aliphatic rings. The maximum atomic E-state index is 2.33. The minimum Gasteiger partial charge on any atom is -0.321 e. The van der Waals surface area contributed by atoms with Crippen LogP contribution >= 0.6 is 0 Å². The summed E-state index contributed by atoms with van der Waals surface area (Å²) in [6.07, 6.45) is 0. The number of benzene rings is 1. The highest BCUT2D eigenvalue weighted by atomic mass is 15.3. The zero-order valence-electron chi connectivity index (χ0n) is 9.83. The molecule has 1 aromatic carbocycles. The van der Waals surface area contributed by atoms with E-state index in [0.29, 0.717) is 6.04 Å². The Morgan fingerprint density at radius 2 is 1.71 bits per heavy atom. The van der Waals surface area contributed by atoms with Gasteiger partial charge in [-0.05, 0) is 20.8 Å². The van der Waals surface area contributed by atoms with Crippen molar-refractivity contribution >= 4 is 0 Å². The molecule has 0 bridgehead atoms. The summed E-state index contributed by atoms with van der Waals surface area (Å²) in [6, 6.07) is 11.4. The Morgan fingerprint density at radius 3 is 2.14 bits per heavy atom. The lowest BCUT2D eigenvalue weighted by Gasteiger charge is -2.37. The molecule has 0 aliphatic carbocycles. The molecule has 78 valence electrons. The summed E-state index contributed by atoms with van der Waals surface area (Å²) < 4.78 is 1.12. The molecule has 0 amide bonds. The molecule has 0 fully saturated rings. The van der Waals surface area contributed by atoms with Crippen molar-refractivity contribution in [2.75, 3.05) is 13.6 Å². The first-order chi connectivity index (χ1) is 6.58. The fourth-order valence-corrected chi connectivity index (χ4v) is 1.66. The van der Waals surface area contributed by atoms with Crippen molar-refractivity contribution in [2.45, 2.75) is 33.4 Å². The van der Waals surface area contributed by atoms with Crippen LogP contribution in [0.3, 0.4) is 0 Å². The summed E-state index contributed by atoms with van der Waals surface area (Å²) in [5.41, 5.74) is 1.44. The second-order valence-electron chi connectivity index (χ2n) is 4.53.